The van der Waals surface area contributed by atoms with Crippen LogP contribution in [0.4, 0.5) is 0 Å². The molecule has 0 bridgehead atoms. The molecule has 45 heavy (non-hydrogen) atoms. The number of hydrogen-bond donors (Lipinski definition) is 0. The molecule has 0 saturated carbocycles. The first kappa shape index (κ1) is 17.3. The van der Waals surface area contributed by atoms with Crippen LogP contribution in [-0.2, 0) is 0 Å². The molecular formula is C42H27N3. The molecule has 0 amide bonds. The third-order valence-corrected chi connectivity index (χ3v) is 8.14. The molecule has 0 aliphatic carbocycles. The van der Waals surface area contributed by atoms with Crippen LogP contribution < -0.4 is 0 Å². The summed E-state index contributed by atoms with van der Waals surface area (Å²) < 4.78 is 86.4. The standard InChI is InChI=1S/C42H27N3/c1-3-11-28(12-4-1)33-21-24-38-37(26-33)41(29-13-5-2-6-14-29)44-42(43-38)30-19-22-34(23-20-30)45-39-18-10-9-17-35(39)36-25-31-15-7-8-16-32(31)27-40(36)45/h1-27H/i1D,2D,3D,4D,5D,6D,11D,12D,13D,14D. The molecule has 3 heteroatoms. The molecule has 0 unspecified atom stereocenters. The van der Waals surface area contributed by atoms with Crippen LogP contribution in [0.25, 0.3) is 82.9 Å². The molecule has 7 aromatic carbocycles. The Kier molecular flexibility index (Phi) is 3.95. The summed E-state index contributed by atoms with van der Waals surface area (Å²) >= 11 is 0. The van der Waals surface area contributed by atoms with E-state index in [4.69, 9.17) is 23.7 Å². The van der Waals surface area contributed by atoms with Crippen LogP contribution >= 0.6 is 0 Å². The van der Waals surface area contributed by atoms with E-state index < -0.39 is 60.4 Å². The number of rotatable bonds is 4. The Labute approximate surface area is 274 Å². The SMILES string of the molecule is [2H]c1c([2H])c([2H])c(-c2ccc3nc(-c4ccc(-n5c6ccccc6c6cc7ccccc7cc65)cc4)nc(-c4c([2H])c([2H])c([2H])c([2H])c4[2H])c3c2)c([2H])c1[2H]. The highest BCUT2D eigenvalue weighted by molar-refractivity contribution is 6.13. The number of hydrogen-bond acceptors (Lipinski definition) is 2. The molecule has 0 N–H and O–H groups in total. The molecule has 2 heterocycles. The summed E-state index contributed by atoms with van der Waals surface area (Å²) in [7, 11) is 0. The third kappa shape index (κ3) is 4.29. The van der Waals surface area contributed by atoms with Crippen molar-refractivity contribution in [1.82, 2.24) is 14.5 Å². The van der Waals surface area contributed by atoms with Gasteiger partial charge in [0.25, 0.3) is 0 Å². The van der Waals surface area contributed by atoms with Gasteiger partial charge in [-0.1, -0.05) is 109 Å². The van der Waals surface area contributed by atoms with Crippen molar-refractivity contribution in [3.05, 3.63) is 164 Å². The number of fused-ring (bicyclic) bond motifs is 5. The van der Waals surface area contributed by atoms with Crippen molar-refractivity contribution < 1.29 is 13.7 Å². The molecule has 0 saturated heterocycles. The Hall–Kier alpha value is -6.06. The lowest BCUT2D eigenvalue weighted by Gasteiger charge is -2.12. The number of para-hydroxylation sites is 1. The van der Waals surface area contributed by atoms with E-state index in [2.05, 4.69) is 41.0 Å². The topological polar surface area (TPSA) is 30.7 Å². The van der Waals surface area contributed by atoms with Crippen molar-refractivity contribution in [1.29, 1.82) is 0 Å². The minimum atomic E-state index is -0.550. The Bertz CT molecular complexity index is 3040. The average Bonchev–Trinajstić information content (AvgIpc) is 3.53. The molecule has 0 radical (unpaired) electrons. The minimum absolute atomic E-state index is 0.0439. The second-order valence-corrected chi connectivity index (χ2v) is 10.7. The van der Waals surface area contributed by atoms with Gasteiger partial charge in [-0.05, 0) is 76.5 Å². The molecule has 2 aromatic heterocycles. The van der Waals surface area contributed by atoms with E-state index in [-0.39, 0.29) is 33.6 Å². The van der Waals surface area contributed by atoms with Crippen LogP contribution in [0.2, 0.25) is 0 Å². The van der Waals surface area contributed by atoms with Gasteiger partial charge in [0.05, 0.1) is 36.0 Å². The maximum Gasteiger partial charge on any atom is 0.160 e. The number of nitrogens with zero attached hydrogens (tertiary/aromatic N) is 3. The number of aromatic nitrogens is 3. The fourth-order valence-electron chi connectivity index (χ4n) is 6.06. The van der Waals surface area contributed by atoms with Crippen molar-refractivity contribution in [2.24, 2.45) is 0 Å². The molecule has 0 aliphatic rings. The average molecular weight is 584 g/mol. The van der Waals surface area contributed by atoms with Crippen molar-refractivity contribution in [2.45, 2.75) is 0 Å². The van der Waals surface area contributed by atoms with Gasteiger partial charge in [0, 0.05) is 33.0 Å². The lowest BCUT2D eigenvalue weighted by Crippen LogP contribution is -1.97. The zero-order valence-corrected chi connectivity index (χ0v) is 23.7. The van der Waals surface area contributed by atoms with Crippen molar-refractivity contribution in [3.63, 3.8) is 0 Å². The van der Waals surface area contributed by atoms with E-state index in [1.54, 1.807) is 12.1 Å². The van der Waals surface area contributed by atoms with E-state index in [0.717, 1.165) is 38.3 Å². The van der Waals surface area contributed by atoms with Crippen LogP contribution in [0.3, 0.4) is 0 Å². The first-order chi connectivity index (χ1) is 26.4. The molecule has 9 aromatic rings. The monoisotopic (exact) mass is 583 g/mol. The van der Waals surface area contributed by atoms with E-state index >= 15 is 0 Å². The van der Waals surface area contributed by atoms with Crippen LogP contribution in [0.15, 0.2) is 164 Å². The molecule has 210 valence electrons. The van der Waals surface area contributed by atoms with E-state index in [1.807, 2.05) is 48.5 Å². The Morgan fingerprint density at radius 1 is 0.467 bits per heavy atom. The highest BCUT2D eigenvalue weighted by Crippen LogP contribution is 2.36. The van der Waals surface area contributed by atoms with Gasteiger partial charge >= 0.3 is 0 Å². The van der Waals surface area contributed by atoms with Gasteiger partial charge in [-0.2, -0.15) is 0 Å². The number of benzene rings is 7. The maximum atomic E-state index is 8.81. The summed E-state index contributed by atoms with van der Waals surface area (Å²) in [5, 5.41) is 4.80. The zero-order valence-electron chi connectivity index (χ0n) is 33.7. The van der Waals surface area contributed by atoms with Crippen LogP contribution in [-0.4, -0.2) is 14.5 Å². The molecule has 0 aliphatic heterocycles. The van der Waals surface area contributed by atoms with Crippen LogP contribution in [0.5, 0.6) is 0 Å². The first-order valence-electron chi connectivity index (χ1n) is 19.4. The van der Waals surface area contributed by atoms with E-state index in [9.17, 15) is 0 Å². The predicted octanol–water partition coefficient (Wildman–Crippen LogP) is 10.9. The molecule has 9 rings (SSSR count). The lowest BCUT2D eigenvalue weighted by atomic mass is 10.00. The summed E-state index contributed by atoms with van der Waals surface area (Å²) in [4.78, 5) is 9.69. The molecule has 0 fully saturated rings. The summed E-state index contributed by atoms with van der Waals surface area (Å²) in [5.41, 5.74) is 4.09. The Morgan fingerprint density at radius 2 is 1.13 bits per heavy atom. The normalized spacial score (nSPS) is 14.7. The highest BCUT2D eigenvalue weighted by atomic mass is 15.0. The van der Waals surface area contributed by atoms with Gasteiger partial charge in [-0.25, -0.2) is 9.97 Å². The molecule has 0 spiro atoms. The Morgan fingerprint density at radius 3 is 1.91 bits per heavy atom. The fourth-order valence-corrected chi connectivity index (χ4v) is 6.06. The van der Waals surface area contributed by atoms with Gasteiger partial charge < -0.3 is 4.57 Å². The highest BCUT2D eigenvalue weighted by Gasteiger charge is 2.15. The van der Waals surface area contributed by atoms with Crippen LogP contribution in [0, 0.1) is 0 Å². The van der Waals surface area contributed by atoms with Crippen molar-refractivity contribution >= 4 is 43.5 Å². The van der Waals surface area contributed by atoms with Gasteiger partial charge in [0.1, 0.15) is 0 Å². The Balaban J connectivity index is 1.25. The summed E-state index contributed by atoms with van der Waals surface area (Å²) in [6.45, 7) is 0. The van der Waals surface area contributed by atoms with Gasteiger partial charge in [0.15, 0.2) is 5.82 Å². The smallest absolute Gasteiger partial charge is 0.160 e. The van der Waals surface area contributed by atoms with Crippen LogP contribution in [0.1, 0.15) is 13.7 Å². The lowest BCUT2D eigenvalue weighted by molar-refractivity contribution is 1.17. The van der Waals surface area contributed by atoms with Crippen molar-refractivity contribution in [2.75, 3.05) is 0 Å². The van der Waals surface area contributed by atoms with Gasteiger partial charge in [0.2, 0.25) is 0 Å². The van der Waals surface area contributed by atoms with Crippen molar-refractivity contribution in [3.8, 4) is 39.5 Å². The largest absolute Gasteiger partial charge is 0.309 e. The summed E-state index contributed by atoms with van der Waals surface area (Å²) in [5.74, 6) is 0.240. The van der Waals surface area contributed by atoms with Gasteiger partial charge in [-0.15, -0.1) is 0 Å². The van der Waals surface area contributed by atoms with Gasteiger partial charge in [-0.3, -0.25) is 0 Å². The maximum absolute atomic E-state index is 8.81. The summed E-state index contributed by atoms with van der Waals surface area (Å²) in [6, 6.07) is 28.5. The predicted molar refractivity (Wildman–Crippen MR) is 188 cm³/mol. The molecular weight excluding hydrogens is 546 g/mol. The molecule has 0 atom stereocenters. The fraction of sp³-hybridized carbons (Fsp3) is 0. The second-order valence-electron chi connectivity index (χ2n) is 10.7. The zero-order chi connectivity index (χ0) is 38.4. The van der Waals surface area contributed by atoms with E-state index in [0.29, 0.717) is 11.1 Å². The molecule has 3 nitrogen and oxygen atoms in total. The quantitative estimate of drug-likeness (QED) is 0.206. The second kappa shape index (κ2) is 10.3. The minimum Gasteiger partial charge on any atom is -0.309 e. The summed E-state index contributed by atoms with van der Waals surface area (Å²) in [6.07, 6.45) is 0. The first-order valence-corrected chi connectivity index (χ1v) is 14.4. The third-order valence-electron chi connectivity index (χ3n) is 8.14. The van der Waals surface area contributed by atoms with E-state index in [1.165, 1.54) is 6.07 Å².